The number of aromatic nitrogens is 2. The van der Waals surface area contributed by atoms with Crippen LogP contribution >= 0.6 is 23.2 Å². The molecule has 2 rings (SSSR count). The fraction of sp³-hybridized carbons (Fsp3) is 0.500. The van der Waals surface area contributed by atoms with Crippen molar-refractivity contribution >= 4 is 23.2 Å². The molecular weight excluding hydrogens is 339 g/mol. The van der Waals surface area contributed by atoms with Crippen molar-refractivity contribution in [2.45, 2.75) is 51.4 Å². The van der Waals surface area contributed by atoms with Gasteiger partial charge in [-0.05, 0) is 73.9 Å². The van der Waals surface area contributed by atoms with E-state index in [1.165, 1.54) is 36.8 Å². The Morgan fingerprint density at radius 3 is 1.50 bits per heavy atom. The summed E-state index contributed by atoms with van der Waals surface area (Å²) in [4.78, 5) is 9.01. The molecule has 130 valence electrons. The third kappa shape index (κ3) is 6.78. The molecule has 0 saturated carbocycles. The van der Waals surface area contributed by atoms with Crippen molar-refractivity contribution in [1.29, 1.82) is 0 Å². The number of pyridine rings is 2. The molecule has 2 heterocycles. The van der Waals surface area contributed by atoms with Crippen molar-refractivity contribution in [3.05, 3.63) is 47.8 Å². The van der Waals surface area contributed by atoms with Crippen LogP contribution < -0.4 is 0 Å². The molecule has 24 heavy (non-hydrogen) atoms. The van der Waals surface area contributed by atoms with E-state index < -0.39 is 0 Å². The minimum Gasteiger partial charge on any atom is -0.255 e. The molecule has 0 amide bonds. The fourth-order valence-corrected chi connectivity index (χ4v) is 3.12. The summed E-state index contributed by atoms with van der Waals surface area (Å²) in [6, 6.07) is 8.53. The molecule has 0 saturated heterocycles. The molecule has 0 aliphatic carbocycles. The maximum Gasteiger partial charge on any atom is 0.0888 e. The molecule has 0 bridgehead atoms. The van der Waals surface area contributed by atoms with Crippen molar-refractivity contribution in [2.75, 3.05) is 11.8 Å². The molecule has 2 nitrogen and oxygen atoms in total. The number of rotatable bonds is 11. The lowest BCUT2D eigenvalue weighted by atomic mass is 10.0. The summed E-state index contributed by atoms with van der Waals surface area (Å²) in [5, 5.41) is 0. The SMILES string of the molecule is ClCCCCCc1ccnc(-c2cc(CCCCCCl)ccn2)c1. The van der Waals surface area contributed by atoms with Gasteiger partial charge in [0, 0.05) is 24.2 Å². The molecule has 0 radical (unpaired) electrons. The van der Waals surface area contributed by atoms with Crippen molar-refractivity contribution in [3.63, 3.8) is 0 Å². The topological polar surface area (TPSA) is 25.8 Å². The standard InChI is InChI=1S/C20H26Cl2N2/c21-11-5-1-3-7-17-9-13-23-19(15-17)20-16-18(10-14-24-20)8-4-2-6-12-22/h9-10,13-16H,1-8,11-12H2. The summed E-state index contributed by atoms with van der Waals surface area (Å²) in [5.41, 5.74) is 4.58. The summed E-state index contributed by atoms with van der Waals surface area (Å²) in [6.45, 7) is 0. The van der Waals surface area contributed by atoms with Gasteiger partial charge in [-0.3, -0.25) is 9.97 Å². The zero-order chi connectivity index (χ0) is 17.0. The minimum atomic E-state index is 0.753. The second kappa shape index (κ2) is 11.4. The highest BCUT2D eigenvalue weighted by Gasteiger charge is 2.04. The van der Waals surface area contributed by atoms with Crippen LogP contribution in [-0.4, -0.2) is 21.7 Å². The fourth-order valence-electron chi connectivity index (χ4n) is 2.74. The predicted octanol–water partition coefficient (Wildman–Crippen LogP) is 6.05. The largest absolute Gasteiger partial charge is 0.255 e. The van der Waals surface area contributed by atoms with Crippen LogP contribution in [0.5, 0.6) is 0 Å². The van der Waals surface area contributed by atoms with E-state index in [0.29, 0.717) is 0 Å². The molecule has 0 N–H and O–H groups in total. The average Bonchev–Trinajstić information content (AvgIpc) is 2.63. The van der Waals surface area contributed by atoms with Crippen molar-refractivity contribution in [3.8, 4) is 11.4 Å². The number of nitrogens with zero attached hydrogens (tertiary/aromatic N) is 2. The first kappa shape index (κ1) is 19.2. The van der Waals surface area contributed by atoms with Gasteiger partial charge in [-0.1, -0.05) is 12.8 Å². The molecule has 0 fully saturated rings. The van der Waals surface area contributed by atoms with Gasteiger partial charge in [-0.25, -0.2) is 0 Å². The smallest absolute Gasteiger partial charge is 0.0888 e. The summed E-state index contributed by atoms with van der Waals surface area (Å²) in [7, 11) is 0. The lowest BCUT2D eigenvalue weighted by molar-refractivity contribution is 0.719. The lowest BCUT2D eigenvalue weighted by Gasteiger charge is -2.06. The molecule has 0 aliphatic heterocycles. The molecular formula is C20H26Cl2N2. The van der Waals surface area contributed by atoms with Crippen LogP contribution in [0.25, 0.3) is 11.4 Å². The number of alkyl halides is 2. The van der Waals surface area contributed by atoms with Crippen molar-refractivity contribution < 1.29 is 0 Å². The first-order valence-electron chi connectivity index (χ1n) is 8.85. The van der Waals surface area contributed by atoms with Crippen LogP contribution in [0, 0.1) is 0 Å². The summed E-state index contributed by atoms with van der Waals surface area (Å²) < 4.78 is 0. The lowest BCUT2D eigenvalue weighted by Crippen LogP contribution is -1.94. The number of unbranched alkanes of at least 4 members (excludes halogenated alkanes) is 4. The Morgan fingerprint density at radius 2 is 1.08 bits per heavy atom. The van der Waals surface area contributed by atoms with Gasteiger partial charge >= 0.3 is 0 Å². The van der Waals surface area contributed by atoms with Gasteiger partial charge in [0.15, 0.2) is 0 Å². The third-order valence-corrected chi connectivity index (χ3v) is 4.64. The maximum absolute atomic E-state index is 5.73. The Kier molecular flexibility index (Phi) is 9.15. The van der Waals surface area contributed by atoms with E-state index >= 15 is 0 Å². The Morgan fingerprint density at radius 1 is 0.625 bits per heavy atom. The Hall–Kier alpha value is -1.12. The molecule has 4 heteroatoms. The Labute approximate surface area is 155 Å². The van der Waals surface area contributed by atoms with Crippen LogP contribution in [-0.2, 0) is 12.8 Å². The normalized spacial score (nSPS) is 10.9. The van der Waals surface area contributed by atoms with Gasteiger partial charge in [-0.15, -0.1) is 23.2 Å². The van der Waals surface area contributed by atoms with Gasteiger partial charge in [0.2, 0.25) is 0 Å². The third-order valence-electron chi connectivity index (χ3n) is 4.11. The first-order chi connectivity index (χ1) is 11.8. The highest BCUT2D eigenvalue weighted by Crippen LogP contribution is 2.19. The summed E-state index contributed by atoms with van der Waals surface area (Å²) >= 11 is 11.5. The minimum absolute atomic E-state index is 0.753. The zero-order valence-electron chi connectivity index (χ0n) is 14.2. The number of hydrogen-bond acceptors (Lipinski definition) is 2. The molecule has 2 aromatic heterocycles. The highest BCUT2D eigenvalue weighted by molar-refractivity contribution is 6.18. The van der Waals surface area contributed by atoms with E-state index in [0.717, 1.165) is 48.8 Å². The number of hydrogen-bond donors (Lipinski definition) is 0. The van der Waals surface area contributed by atoms with Gasteiger partial charge in [0.1, 0.15) is 0 Å². The second-order valence-electron chi connectivity index (χ2n) is 6.10. The zero-order valence-corrected chi connectivity index (χ0v) is 15.7. The van der Waals surface area contributed by atoms with E-state index in [4.69, 9.17) is 23.2 Å². The first-order valence-corrected chi connectivity index (χ1v) is 9.92. The van der Waals surface area contributed by atoms with Crippen LogP contribution in [0.2, 0.25) is 0 Å². The van der Waals surface area contributed by atoms with Crippen LogP contribution in [0.3, 0.4) is 0 Å². The Balaban J connectivity index is 1.97. The van der Waals surface area contributed by atoms with Crippen molar-refractivity contribution in [1.82, 2.24) is 9.97 Å². The van der Waals surface area contributed by atoms with Crippen LogP contribution in [0.1, 0.15) is 49.7 Å². The van der Waals surface area contributed by atoms with E-state index in [-0.39, 0.29) is 0 Å². The van der Waals surface area contributed by atoms with E-state index in [2.05, 4.69) is 34.2 Å². The average molecular weight is 365 g/mol. The molecule has 0 aliphatic rings. The summed E-state index contributed by atoms with van der Waals surface area (Å²) in [5.74, 6) is 1.51. The van der Waals surface area contributed by atoms with Crippen LogP contribution in [0.4, 0.5) is 0 Å². The molecule has 0 spiro atoms. The van der Waals surface area contributed by atoms with E-state index in [1.54, 1.807) is 0 Å². The molecule has 0 unspecified atom stereocenters. The van der Waals surface area contributed by atoms with Gasteiger partial charge in [0.25, 0.3) is 0 Å². The molecule has 2 aromatic rings. The van der Waals surface area contributed by atoms with E-state index in [9.17, 15) is 0 Å². The highest BCUT2D eigenvalue weighted by atomic mass is 35.5. The van der Waals surface area contributed by atoms with Gasteiger partial charge in [-0.2, -0.15) is 0 Å². The second-order valence-corrected chi connectivity index (χ2v) is 6.85. The monoisotopic (exact) mass is 364 g/mol. The predicted molar refractivity (Wildman–Crippen MR) is 104 cm³/mol. The molecule has 0 atom stereocenters. The summed E-state index contributed by atoms with van der Waals surface area (Å²) in [6.07, 6.45) is 12.8. The van der Waals surface area contributed by atoms with E-state index in [1.807, 2.05) is 12.4 Å². The van der Waals surface area contributed by atoms with Crippen LogP contribution in [0.15, 0.2) is 36.7 Å². The number of aryl methyl sites for hydroxylation is 2. The number of halogens is 2. The quantitative estimate of drug-likeness (QED) is 0.358. The van der Waals surface area contributed by atoms with Gasteiger partial charge < -0.3 is 0 Å². The van der Waals surface area contributed by atoms with Crippen molar-refractivity contribution in [2.24, 2.45) is 0 Å². The molecule has 0 aromatic carbocycles. The van der Waals surface area contributed by atoms with Gasteiger partial charge in [0.05, 0.1) is 11.4 Å². The Bertz CT molecular complexity index is 548. The maximum atomic E-state index is 5.73.